The summed E-state index contributed by atoms with van der Waals surface area (Å²) in [6, 6.07) is 6.22. The van der Waals surface area contributed by atoms with Crippen LogP contribution in [0.3, 0.4) is 0 Å². The molecule has 0 spiro atoms. The molecule has 0 amide bonds. The zero-order valence-corrected chi connectivity index (χ0v) is 16.8. The molecule has 3 aromatic rings. The number of quaternary nitrogens is 1. The van der Waals surface area contributed by atoms with Crippen LogP contribution in [-0.2, 0) is 0 Å². The van der Waals surface area contributed by atoms with Crippen molar-refractivity contribution in [2.75, 3.05) is 32.5 Å². The van der Waals surface area contributed by atoms with Crippen molar-refractivity contribution in [3.8, 4) is 10.6 Å². The molecule has 3 rings (SSSR count). The summed E-state index contributed by atoms with van der Waals surface area (Å²) in [6.07, 6.45) is 0. The molecule has 0 fully saturated rings. The summed E-state index contributed by atoms with van der Waals surface area (Å²) in [6.45, 7) is 10.8. The third-order valence-corrected chi connectivity index (χ3v) is 5.32. The van der Waals surface area contributed by atoms with Crippen LogP contribution < -0.4 is 10.2 Å². The summed E-state index contributed by atoms with van der Waals surface area (Å²) in [5.74, 6) is 1.05. The van der Waals surface area contributed by atoms with Crippen LogP contribution in [0.1, 0.15) is 25.1 Å². The average molecular weight is 359 g/mol. The molecule has 0 saturated heterocycles. The predicted molar refractivity (Wildman–Crippen MR) is 106 cm³/mol. The Labute approximate surface area is 153 Å². The van der Waals surface area contributed by atoms with Crippen molar-refractivity contribution in [1.29, 1.82) is 0 Å². The van der Waals surface area contributed by atoms with E-state index in [0.29, 0.717) is 0 Å². The van der Waals surface area contributed by atoms with Gasteiger partial charge in [-0.05, 0) is 25.3 Å². The highest BCUT2D eigenvalue weighted by Crippen LogP contribution is 2.27. The smallest absolute Gasteiger partial charge is 0.158 e. The molecule has 0 bridgehead atoms. The van der Waals surface area contributed by atoms with Crippen LogP contribution in [0.25, 0.3) is 16.2 Å². The Bertz CT molecular complexity index is 862. The standard InChI is InChI=1S/C19H27N5S/c1-13-14(2)21-17-10-15(16-8-7-9-25-16)22-24(17)18(13)20-11-19(3,4)12-23(5)6/h7-10,20H,11-12H2,1-6H3/p+1. The van der Waals surface area contributed by atoms with Gasteiger partial charge in [0.1, 0.15) is 11.5 Å². The first kappa shape index (κ1) is 17.9. The minimum absolute atomic E-state index is 0.193. The van der Waals surface area contributed by atoms with Crippen molar-refractivity contribution >= 4 is 22.8 Å². The monoisotopic (exact) mass is 358 g/mol. The van der Waals surface area contributed by atoms with Crippen molar-refractivity contribution in [3.63, 3.8) is 0 Å². The summed E-state index contributed by atoms with van der Waals surface area (Å²) in [5.41, 5.74) is 4.26. The first-order valence-electron chi connectivity index (χ1n) is 8.70. The van der Waals surface area contributed by atoms with Gasteiger partial charge in [0.05, 0.1) is 25.5 Å². The highest BCUT2D eigenvalue weighted by molar-refractivity contribution is 7.13. The van der Waals surface area contributed by atoms with Crippen molar-refractivity contribution in [2.45, 2.75) is 27.7 Å². The molecule has 0 aliphatic heterocycles. The first-order valence-corrected chi connectivity index (χ1v) is 9.58. The van der Waals surface area contributed by atoms with E-state index in [4.69, 9.17) is 10.1 Å². The number of hydrogen-bond acceptors (Lipinski definition) is 4. The maximum atomic E-state index is 4.82. The minimum atomic E-state index is 0.193. The number of aryl methyl sites for hydroxylation is 1. The van der Waals surface area contributed by atoms with E-state index in [1.54, 1.807) is 11.3 Å². The average Bonchev–Trinajstić information content (AvgIpc) is 3.14. The number of aromatic nitrogens is 3. The van der Waals surface area contributed by atoms with E-state index in [2.05, 4.69) is 70.7 Å². The normalized spacial score (nSPS) is 12.3. The Morgan fingerprint density at radius 2 is 2.04 bits per heavy atom. The van der Waals surface area contributed by atoms with Gasteiger partial charge in [0.15, 0.2) is 5.65 Å². The maximum absolute atomic E-state index is 4.82. The Balaban J connectivity index is 1.97. The Kier molecular flexibility index (Phi) is 4.84. The van der Waals surface area contributed by atoms with Crippen molar-refractivity contribution in [3.05, 3.63) is 34.8 Å². The van der Waals surface area contributed by atoms with Gasteiger partial charge in [-0.1, -0.05) is 19.9 Å². The van der Waals surface area contributed by atoms with E-state index in [-0.39, 0.29) is 5.41 Å². The number of rotatable bonds is 6. The number of nitrogens with one attached hydrogen (secondary N) is 2. The number of thiophene rings is 1. The van der Waals surface area contributed by atoms with Gasteiger partial charge in [-0.2, -0.15) is 9.61 Å². The molecule has 3 heterocycles. The van der Waals surface area contributed by atoms with E-state index >= 15 is 0 Å². The Hall–Kier alpha value is -1.92. The quantitative estimate of drug-likeness (QED) is 0.712. The summed E-state index contributed by atoms with van der Waals surface area (Å²) >= 11 is 1.70. The highest BCUT2D eigenvalue weighted by Gasteiger charge is 2.23. The lowest BCUT2D eigenvalue weighted by molar-refractivity contribution is -0.865. The van der Waals surface area contributed by atoms with Gasteiger partial charge in [0, 0.05) is 29.3 Å². The Morgan fingerprint density at radius 1 is 1.28 bits per heavy atom. The van der Waals surface area contributed by atoms with Crippen LogP contribution in [0.4, 0.5) is 5.82 Å². The lowest BCUT2D eigenvalue weighted by atomic mass is 9.93. The van der Waals surface area contributed by atoms with Crippen molar-refractivity contribution < 1.29 is 4.90 Å². The molecule has 0 aliphatic rings. The number of hydrogen-bond donors (Lipinski definition) is 2. The van der Waals surface area contributed by atoms with E-state index in [9.17, 15) is 0 Å². The molecule has 0 radical (unpaired) electrons. The molecule has 5 nitrogen and oxygen atoms in total. The third kappa shape index (κ3) is 3.85. The first-order chi connectivity index (χ1) is 11.8. The fourth-order valence-corrected chi connectivity index (χ4v) is 3.98. The lowest BCUT2D eigenvalue weighted by Gasteiger charge is -2.27. The maximum Gasteiger partial charge on any atom is 0.158 e. The number of fused-ring (bicyclic) bond motifs is 1. The van der Waals surface area contributed by atoms with Gasteiger partial charge in [-0.3, -0.25) is 0 Å². The van der Waals surface area contributed by atoms with E-state index in [0.717, 1.165) is 41.5 Å². The van der Waals surface area contributed by atoms with Crippen LogP contribution in [0.5, 0.6) is 0 Å². The summed E-state index contributed by atoms with van der Waals surface area (Å²) in [5, 5.41) is 10.5. The predicted octanol–water partition coefficient (Wildman–Crippen LogP) is 2.66. The SMILES string of the molecule is Cc1nc2cc(-c3cccs3)nn2c(NCC(C)(C)C[NH+](C)C)c1C. The van der Waals surface area contributed by atoms with E-state index < -0.39 is 0 Å². The van der Waals surface area contributed by atoms with Crippen LogP contribution in [0.15, 0.2) is 23.6 Å². The van der Waals surface area contributed by atoms with Crippen molar-refractivity contribution in [1.82, 2.24) is 14.6 Å². The van der Waals surface area contributed by atoms with E-state index in [1.165, 1.54) is 9.78 Å². The highest BCUT2D eigenvalue weighted by atomic mass is 32.1. The summed E-state index contributed by atoms with van der Waals surface area (Å²) in [4.78, 5) is 7.35. The summed E-state index contributed by atoms with van der Waals surface area (Å²) < 4.78 is 1.95. The molecular weight excluding hydrogens is 330 g/mol. The van der Waals surface area contributed by atoms with Crippen LogP contribution in [-0.4, -0.2) is 41.8 Å². The number of anilines is 1. The second-order valence-corrected chi connectivity index (χ2v) is 8.80. The molecule has 3 aromatic heterocycles. The van der Waals surface area contributed by atoms with Crippen LogP contribution >= 0.6 is 11.3 Å². The van der Waals surface area contributed by atoms with Gasteiger partial charge in [0.25, 0.3) is 0 Å². The zero-order valence-electron chi connectivity index (χ0n) is 16.0. The fourth-order valence-electron chi connectivity index (χ4n) is 3.30. The van der Waals surface area contributed by atoms with Gasteiger partial charge in [-0.15, -0.1) is 11.3 Å². The van der Waals surface area contributed by atoms with Gasteiger partial charge >= 0.3 is 0 Å². The van der Waals surface area contributed by atoms with Gasteiger partial charge < -0.3 is 10.2 Å². The molecule has 0 saturated carbocycles. The molecule has 0 aromatic carbocycles. The molecule has 6 heteroatoms. The molecule has 0 unspecified atom stereocenters. The number of nitrogens with zero attached hydrogens (tertiary/aromatic N) is 3. The zero-order chi connectivity index (χ0) is 18.2. The molecule has 0 aliphatic carbocycles. The fraction of sp³-hybridized carbons (Fsp3) is 0.474. The lowest BCUT2D eigenvalue weighted by Crippen LogP contribution is -3.07. The second kappa shape index (κ2) is 6.77. The molecule has 0 atom stereocenters. The van der Waals surface area contributed by atoms with Crippen molar-refractivity contribution in [2.24, 2.45) is 5.41 Å². The molecular formula is C19H28N5S+. The van der Waals surface area contributed by atoms with E-state index in [1.807, 2.05) is 4.52 Å². The van der Waals surface area contributed by atoms with Gasteiger partial charge in [-0.25, -0.2) is 4.98 Å². The second-order valence-electron chi connectivity index (χ2n) is 7.85. The Morgan fingerprint density at radius 3 is 2.68 bits per heavy atom. The van der Waals surface area contributed by atoms with Crippen LogP contribution in [0, 0.1) is 19.3 Å². The topological polar surface area (TPSA) is 46.7 Å². The molecule has 134 valence electrons. The molecule has 25 heavy (non-hydrogen) atoms. The largest absolute Gasteiger partial charge is 0.369 e. The van der Waals surface area contributed by atoms with Gasteiger partial charge in [0.2, 0.25) is 0 Å². The summed E-state index contributed by atoms with van der Waals surface area (Å²) in [7, 11) is 4.39. The minimum Gasteiger partial charge on any atom is -0.369 e. The third-order valence-electron chi connectivity index (χ3n) is 4.42. The van der Waals surface area contributed by atoms with Crippen LogP contribution in [0.2, 0.25) is 0 Å². The molecule has 2 N–H and O–H groups in total.